The highest BCUT2D eigenvalue weighted by Gasteiger charge is 2.13. The lowest BCUT2D eigenvalue weighted by molar-refractivity contribution is -0.148. The molecule has 4 heteroatoms. The highest BCUT2D eigenvalue weighted by Crippen LogP contribution is 2.12. The zero-order chi connectivity index (χ0) is 14.5. The molecule has 0 aliphatic heterocycles. The fraction of sp³-hybridized carbons (Fsp3) is 0.800. The number of hydrogen-bond donors (Lipinski definition) is 0. The summed E-state index contributed by atoms with van der Waals surface area (Å²) < 4.78 is 9.65. The summed E-state index contributed by atoms with van der Waals surface area (Å²) in [4.78, 5) is 22.4. The van der Waals surface area contributed by atoms with Crippen molar-refractivity contribution >= 4 is 11.9 Å². The molecule has 0 aromatic carbocycles. The molecule has 111 valence electrons. The Labute approximate surface area is 116 Å². The van der Waals surface area contributed by atoms with E-state index >= 15 is 0 Å². The van der Waals surface area contributed by atoms with Crippen molar-refractivity contribution in [1.82, 2.24) is 0 Å². The summed E-state index contributed by atoms with van der Waals surface area (Å²) in [6.45, 7) is 4.41. The molecule has 0 amide bonds. The third-order valence-electron chi connectivity index (χ3n) is 2.92. The average molecular weight is 271 g/mol. The van der Waals surface area contributed by atoms with Gasteiger partial charge >= 0.3 is 11.9 Å². The van der Waals surface area contributed by atoms with E-state index in [1.807, 2.05) is 13.8 Å². The molecule has 4 nitrogen and oxygen atoms in total. The first-order valence-corrected chi connectivity index (χ1v) is 7.16. The second-order valence-electron chi connectivity index (χ2n) is 4.76. The second-order valence-corrected chi connectivity index (χ2v) is 4.76. The molecule has 0 fully saturated rings. The lowest BCUT2D eigenvalue weighted by Crippen LogP contribution is -2.15. The van der Waals surface area contributed by atoms with Crippen molar-refractivity contribution in [3.63, 3.8) is 0 Å². The summed E-state index contributed by atoms with van der Waals surface area (Å²) in [6, 6.07) is 0. The van der Waals surface area contributed by atoms with Gasteiger partial charge in [0.15, 0.2) is 0 Å². The van der Waals surface area contributed by atoms with E-state index in [-0.39, 0.29) is 17.9 Å². The fourth-order valence-corrected chi connectivity index (χ4v) is 1.64. The Kier molecular flexibility index (Phi) is 11.3. The van der Waals surface area contributed by atoms with Crippen LogP contribution >= 0.6 is 0 Å². The van der Waals surface area contributed by atoms with Crippen LogP contribution in [-0.4, -0.2) is 25.7 Å². The minimum Gasteiger partial charge on any atom is -0.469 e. The van der Waals surface area contributed by atoms with Gasteiger partial charge in [-0.05, 0) is 32.1 Å². The van der Waals surface area contributed by atoms with Crippen molar-refractivity contribution in [2.45, 2.75) is 58.8 Å². The van der Waals surface area contributed by atoms with Crippen LogP contribution in [0.5, 0.6) is 0 Å². The topological polar surface area (TPSA) is 52.6 Å². The normalized spacial score (nSPS) is 11.9. The number of rotatable bonds is 11. The predicted molar refractivity (Wildman–Crippen MR) is 74.4 cm³/mol. The van der Waals surface area contributed by atoms with Crippen LogP contribution in [0.2, 0.25) is 0 Å². The van der Waals surface area contributed by atoms with E-state index in [0.717, 1.165) is 38.5 Å². The Hall–Kier alpha value is -1.06. The molecule has 0 bridgehead atoms. The van der Waals surface area contributed by atoms with Crippen LogP contribution in [0.15, 0.2) is 0 Å². The lowest BCUT2D eigenvalue weighted by atomic mass is 10.0. The average Bonchev–Trinajstić information content (AvgIpc) is 2.42. The molecule has 0 rings (SSSR count). The zero-order valence-corrected chi connectivity index (χ0v) is 12.4. The summed E-state index contributed by atoms with van der Waals surface area (Å²) in [6.07, 6.45) is 8.12. The molecule has 1 radical (unpaired) electrons. The number of unbranched alkanes of at least 4 members (excludes halogenated alkanes) is 4. The van der Waals surface area contributed by atoms with Crippen molar-refractivity contribution in [2.75, 3.05) is 13.7 Å². The minimum absolute atomic E-state index is 0.0298. The molecule has 0 saturated heterocycles. The Balaban J connectivity index is 3.38. The van der Waals surface area contributed by atoms with Gasteiger partial charge in [-0.15, -0.1) is 0 Å². The van der Waals surface area contributed by atoms with Crippen molar-refractivity contribution in [3.05, 3.63) is 6.42 Å². The Bertz CT molecular complexity index is 251. The van der Waals surface area contributed by atoms with Gasteiger partial charge in [-0.2, -0.15) is 0 Å². The van der Waals surface area contributed by atoms with Crippen molar-refractivity contribution in [2.24, 2.45) is 5.92 Å². The summed E-state index contributed by atoms with van der Waals surface area (Å²) >= 11 is 0. The van der Waals surface area contributed by atoms with E-state index < -0.39 is 0 Å². The molecule has 0 heterocycles. The number of methoxy groups -OCH3 is 1. The Morgan fingerprint density at radius 3 is 2.58 bits per heavy atom. The van der Waals surface area contributed by atoms with Gasteiger partial charge in [0.05, 0.1) is 19.6 Å². The van der Waals surface area contributed by atoms with E-state index in [1.54, 1.807) is 0 Å². The van der Waals surface area contributed by atoms with Crippen LogP contribution in [0.25, 0.3) is 0 Å². The van der Waals surface area contributed by atoms with Gasteiger partial charge in [0.2, 0.25) is 0 Å². The van der Waals surface area contributed by atoms with Crippen molar-refractivity contribution < 1.29 is 19.1 Å². The molecular formula is C15H27O4. The van der Waals surface area contributed by atoms with Crippen molar-refractivity contribution in [3.8, 4) is 0 Å². The summed E-state index contributed by atoms with van der Waals surface area (Å²) in [5.41, 5.74) is 0. The van der Waals surface area contributed by atoms with E-state index in [9.17, 15) is 9.59 Å². The van der Waals surface area contributed by atoms with Crippen LogP contribution in [0, 0.1) is 12.3 Å². The molecular weight excluding hydrogens is 244 g/mol. The molecule has 0 N–H and O–H groups in total. The molecule has 0 aromatic heterocycles. The second kappa shape index (κ2) is 12.0. The Morgan fingerprint density at radius 2 is 1.95 bits per heavy atom. The van der Waals surface area contributed by atoms with Gasteiger partial charge in [0.25, 0.3) is 0 Å². The number of hydrogen-bond acceptors (Lipinski definition) is 4. The molecule has 0 aliphatic rings. The zero-order valence-electron chi connectivity index (χ0n) is 12.4. The monoisotopic (exact) mass is 271 g/mol. The molecule has 0 aliphatic carbocycles. The fourth-order valence-electron chi connectivity index (χ4n) is 1.64. The minimum atomic E-state index is -0.146. The van der Waals surface area contributed by atoms with Gasteiger partial charge in [-0.25, -0.2) is 0 Å². The summed E-state index contributed by atoms with van der Waals surface area (Å²) in [5.74, 6) is -0.272. The van der Waals surface area contributed by atoms with Gasteiger partial charge in [-0.1, -0.05) is 26.7 Å². The van der Waals surface area contributed by atoms with E-state index in [1.165, 1.54) is 7.11 Å². The molecule has 0 saturated carbocycles. The largest absolute Gasteiger partial charge is 0.469 e. The van der Waals surface area contributed by atoms with Gasteiger partial charge in [-0.3, -0.25) is 9.59 Å². The number of ether oxygens (including phenoxy) is 2. The number of carbonyl (C=O) groups is 2. The summed E-state index contributed by atoms with van der Waals surface area (Å²) in [5, 5.41) is 0. The number of carbonyl (C=O) groups excluding carboxylic acids is 2. The Morgan fingerprint density at radius 1 is 1.21 bits per heavy atom. The SMILES string of the molecule is CCCOC(=O)C(C)CC[CH]CCCCC(=O)OC. The molecule has 19 heavy (non-hydrogen) atoms. The van der Waals surface area contributed by atoms with Crippen LogP contribution in [0.4, 0.5) is 0 Å². The molecule has 1 unspecified atom stereocenters. The standard InChI is InChI=1S/C15H27O4/c1-4-12-19-15(17)13(2)10-8-6-5-7-9-11-14(16)18-3/h6,13H,4-5,7-12H2,1-3H3. The third kappa shape index (κ3) is 10.5. The van der Waals surface area contributed by atoms with Crippen LogP contribution < -0.4 is 0 Å². The van der Waals surface area contributed by atoms with Crippen LogP contribution in [0.3, 0.4) is 0 Å². The maximum absolute atomic E-state index is 11.5. The van der Waals surface area contributed by atoms with Crippen LogP contribution in [0.1, 0.15) is 58.8 Å². The maximum Gasteiger partial charge on any atom is 0.308 e. The third-order valence-corrected chi connectivity index (χ3v) is 2.92. The molecule has 1 atom stereocenters. The van der Waals surface area contributed by atoms with Crippen molar-refractivity contribution in [1.29, 1.82) is 0 Å². The molecule has 0 spiro atoms. The smallest absolute Gasteiger partial charge is 0.308 e. The first-order valence-electron chi connectivity index (χ1n) is 7.16. The van der Waals surface area contributed by atoms with Crippen LogP contribution in [-0.2, 0) is 19.1 Å². The van der Waals surface area contributed by atoms with E-state index in [0.29, 0.717) is 13.0 Å². The molecule has 0 aromatic rings. The van der Waals surface area contributed by atoms with Gasteiger partial charge in [0.1, 0.15) is 0 Å². The quantitative estimate of drug-likeness (QED) is 0.427. The highest BCUT2D eigenvalue weighted by atomic mass is 16.5. The predicted octanol–water partition coefficient (Wildman–Crippen LogP) is 3.29. The van der Waals surface area contributed by atoms with E-state index in [4.69, 9.17) is 4.74 Å². The summed E-state index contributed by atoms with van der Waals surface area (Å²) in [7, 11) is 1.41. The first kappa shape index (κ1) is 17.9. The number of esters is 2. The van der Waals surface area contributed by atoms with E-state index in [2.05, 4.69) is 11.2 Å². The lowest BCUT2D eigenvalue weighted by Gasteiger charge is -2.10. The first-order chi connectivity index (χ1) is 9.11. The maximum atomic E-state index is 11.5. The van der Waals surface area contributed by atoms with Gasteiger partial charge in [0, 0.05) is 6.42 Å². The highest BCUT2D eigenvalue weighted by molar-refractivity contribution is 5.71. The van der Waals surface area contributed by atoms with Gasteiger partial charge < -0.3 is 9.47 Å².